The van der Waals surface area contributed by atoms with Gasteiger partial charge in [-0.1, -0.05) is 32.5 Å². The predicted molar refractivity (Wildman–Crippen MR) is 245 cm³/mol. The van der Waals surface area contributed by atoms with Crippen LogP contribution in [0, 0.1) is 0 Å². The minimum atomic E-state index is -4.71. The monoisotopic (exact) mass is 866 g/mol. The molecule has 9 nitrogen and oxygen atoms in total. The van der Waals surface area contributed by atoms with Gasteiger partial charge in [0.05, 0.1) is 15.8 Å². The molecule has 2 aromatic carbocycles. The zero-order valence-corrected chi connectivity index (χ0v) is 36.4. The van der Waals surface area contributed by atoms with Crippen molar-refractivity contribution >= 4 is 62.7 Å². The number of rotatable bonds is 12. The molecule has 4 aromatic rings. The lowest BCUT2D eigenvalue weighted by Crippen LogP contribution is -2.50. The smallest absolute Gasteiger partial charge is 0.737 e. The zero-order valence-electron chi connectivity index (χ0n) is 34.7. The molecule has 0 radical (unpaired) electrons. The number of hydrogen-bond donors (Lipinski definition) is 0. The van der Waals surface area contributed by atoms with Crippen LogP contribution in [0.4, 0.5) is 14.3 Å². The summed E-state index contributed by atoms with van der Waals surface area (Å²) >= 11 is 1.44. The maximum atomic E-state index is 15.4. The van der Waals surface area contributed by atoms with Gasteiger partial charge in [-0.25, -0.2) is 13.0 Å². The lowest BCUT2D eigenvalue weighted by Gasteiger charge is -2.30. The van der Waals surface area contributed by atoms with Gasteiger partial charge in [-0.2, -0.15) is 0 Å². The van der Waals surface area contributed by atoms with E-state index in [0.29, 0.717) is 58.1 Å². The van der Waals surface area contributed by atoms with E-state index in [4.69, 9.17) is 4.42 Å². The number of thiophene rings is 1. The Bertz CT molecular complexity index is 2850. The van der Waals surface area contributed by atoms with Crippen LogP contribution in [0.15, 0.2) is 111 Å². The van der Waals surface area contributed by atoms with Crippen LogP contribution in [0.3, 0.4) is 0 Å². The highest BCUT2D eigenvalue weighted by Crippen LogP contribution is 2.43. The molecule has 0 fully saturated rings. The number of allylic oxidation sites excluding steroid dienone is 2. The van der Waals surface area contributed by atoms with Crippen molar-refractivity contribution in [2.24, 2.45) is 0 Å². The van der Waals surface area contributed by atoms with Crippen molar-refractivity contribution in [3.63, 3.8) is 0 Å². The molecule has 0 bridgehead atoms. The Kier molecular flexibility index (Phi) is 13.5. The molecule has 1 aliphatic carbocycles. The Balaban J connectivity index is 0.000000216. The van der Waals surface area contributed by atoms with Gasteiger partial charge in [0.25, 0.3) is 0 Å². The summed E-state index contributed by atoms with van der Waals surface area (Å²) in [6.45, 7) is 11.3. The van der Waals surface area contributed by atoms with Crippen LogP contribution in [0.2, 0.25) is 0 Å². The van der Waals surface area contributed by atoms with Crippen LogP contribution in [0.5, 0.6) is 0 Å². The second kappa shape index (κ2) is 18.3. The van der Waals surface area contributed by atoms with Crippen LogP contribution in [0.1, 0.15) is 77.2 Å². The van der Waals surface area contributed by atoms with Gasteiger partial charge in [0.15, 0.2) is 11.4 Å². The molecule has 5 heterocycles. The highest BCUT2D eigenvalue weighted by atomic mass is 32.2. The van der Waals surface area contributed by atoms with Crippen molar-refractivity contribution in [3.05, 3.63) is 129 Å². The average Bonchev–Trinajstić information content (AvgIpc) is 4.01. The first-order chi connectivity index (χ1) is 28.7. The summed E-state index contributed by atoms with van der Waals surface area (Å²) in [4.78, 5) is 14.1. The molecule has 2 aromatic heterocycles. The van der Waals surface area contributed by atoms with Crippen molar-refractivity contribution in [2.75, 3.05) is 31.1 Å². The van der Waals surface area contributed by atoms with Crippen LogP contribution in [-0.2, 0) is 27.8 Å². The first-order valence-corrected chi connectivity index (χ1v) is 22.8. The third-order valence-corrected chi connectivity index (χ3v) is 13.1. The molecule has 0 spiro atoms. The van der Waals surface area contributed by atoms with Gasteiger partial charge in [0.2, 0.25) is 5.36 Å². The van der Waals surface area contributed by atoms with E-state index in [0.717, 1.165) is 67.6 Å². The molecule has 0 atom stereocenters. The van der Waals surface area contributed by atoms with E-state index in [-0.39, 0.29) is 24.5 Å². The molecule has 3 aliphatic heterocycles. The molecule has 0 unspecified atom stereocenters. The van der Waals surface area contributed by atoms with E-state index in [1.165, 1.54) is 24.3 Å². The number of Topliss-reactive ketones (excluding diaryl/α,β-unsaturated/α-hetero) is 1. The molecular formula is C47H53BF2N4O5S2. The first-order valence-electron chi connectivity index (χ1n) is 20.5. The Labute approximate surface area is 361 Å². The van der Waals surface area contributed by atoms with Crippen molar-refractivity contribution < 1.29 is 35.3 Å². The number of ketones is 1. The van der Waals surface area contributed by atoms with Crippen molar-refractivity contribution in [2.45, 2.75) is 73.1 Å². The highest BCUT2D eigenvalue weighted by Gasteiger charge is 2.52. The summed E-state index contributed by atoms with van der Waals surface area (Å²) in [7, 11) is -4.71. The summed E-state index contributed by atoms with van der Waals surface area (Å²) < 4.78 is 78.9. The molecule has 0 saturated carbocycles. The summed E-state index contributed by atoms with van der Waals surface area (Å²) in [5, 5.41) is 3.68. The predicted octanol–water partition coefficient (Wildman–Crippen LogP) is 9.69. The second-order valence-electron chi connectivity index (χ2n) is 14.9. The van der Waals surface area contributed by atoms with E-state index in [1.54, 1.807) is 36.4 Å². The molecule has 14 heteroatoms. The van der Waals surface area contributed by atoms with Crippen LogP contribution >= 0.6 is 11.3 Å². The third-order valence-electron chi connectivity index (χ3n) is 11.3. The quantitative estimate of drug-likeness (QED) is 0.0526. The van der Waals surface area contributed by atoms with Gasteiger partial charge in [0.1, 0.15) is 40.3 Å². The lowest BCUT2D eigenvalue weighted by atomic mass is 9.90. The largest absolute Gasteiger partial charge is 0.744 e. The molecule has 0 amide bonds. The van der Waals surface area contributed by atoms with Crippen LogP contribution in [0.25, 0.3) is 39.5 Å². The number of halogens is 2. The van der Waals surface area contributed by atoms with Crippen LogP contribution < -0.4 is 14.8 Å². The number of hydrogen-bond acceptors (Lipinski definition) is 7. The molecule has 320 valence electrons. The SMILES string of the molecule is C.CC(=O)CCc1ccc2n1[B-](F)(F)[N+]1=C(c3cccs3)C=CC1=C2.CCc1ccc(-c2c3ccc(=[N+](CC)CC)cc-3oc3cc(N(CC)CC)ccc23)c(S(=O)(=O)[O-])c1. The van der Waals surface area contributed by atoms with Gasteiger partial charge in [0, 0.05) is 83.3 Å². The first kappa shape index (κ1) is 45.1. The lowest BCUT2D eigenvalue weighted by molar-refractivity contribution is -0.360. The number of aromatic nitrogens is 1. The van der Waals surface area contributed by atoms with Crippen molar-refractivity contribution in [1.82, 2.24) is 9.05 Å². The fraction of sp³-hybridized carbons (Fsp3) is 0.298. The Morgan fingerprint density at radius 3 is 2.31 bits per heavy atom. The highest BCUT2D eigenvalue weighted by molar-refractivity contribution is 7.85. The van der Waals surface area contributed by atoms with E-state index in [2.05, 4.69) is 37.2 Å². The van der Waals surface area contributed by atoms with Gasteiger partial charge < -0.3 is 36.3 Å². The molecule has 8 rings (SSSR count). The number of benzene rings is 3. The van der Waals surface area contributed by atoms with E-state index < -0.39 is 17.1 Å². The second-order valence-corrected chi connectivity index (χ2v) is 17.2. The average molecular weight is 867 g/mol. The summed E-state index contributed by atoms with van der Waals surface area (Å²) in [6, 6.07) is 24.2. The standard InChI is InChI=1S/C29H34N2O4S.C17H15BF2N2OS.CH4/c1-6-20-11-14-25(28(17-20)36(32,33)34)29-23-15-12-21(30(7-2)8-3)18-26(23)35-27-19-22(13-16-24(27)29)31(9-4)10-5;1-12(23)4-5-13-6-7-14-11-15-8-9-16(17-3-2-10-24-17)22(15)18(19,20)21(13)14;/h11-19H,6-10H2,1-5H3;2-3,6-11H,4-5H2,1H3;1H4. The van der Waals surface area contributed by atoms with E-state index >= 15 is 8.63 Å². The van der Waals surface area contributed by atoms with E-state index in [9.17, 15) is 17.8 Å². The molecule has 4 aliphatic rings. The third kappa shape index (κ3) is 8.71. The number of anilines is 1. The van der Waals surface area contributed by atoms with Crippen LogP contribution in [-0.4, -0.2) is 66.6 Å². The maximum absolute atomic E-state index is 15.4. The minimum Gasteiger partial charge on any atom is -0.744 e. The van der Waals surface area contributed by atoms with Gasteiger partial charge in [-0.05, 0) is 107 Å². The number of nitrogens with zero attached hydrogens (tertiary/aromatic N) is 4. The Hall–Kier alpha value is -5.44. The maximum Gasteiger partial charge on any atom is 0.737 e. The summed E-state index contributed by atoms with van der Waals surface area (Å²) in [5.41, 5.74) is 6.36. The number of carbonyl (C=O) groups is 1. The fourth-order valence-corrected chi connectivity index (χ4v) is 9.74. The normalized spacial score (nSPS) is 14.0. The number of aryl methyl sites for hydroxylation is 2. The van der Waals surface area contributed by atoms with Crippen molar-refractivity contribution in [1.29, 1.82) is 0 Å². The molecule has 61 heavy (non-hydrogen) atoms. The zero-order chi connectivity index (χ0) is 42.9. The topological polar surface area (TPSA) is 102 Å². The van der Waals surface area contributed by atoms with Gasteiger partial charge in [-0.3, -0.25) is 0 Å². The Morgan fingerprint density at radius 2 is 1.67 bits per heavy atom. The molecule has 0 saturated heterocycles. The molecule has 0 N–H and O–H groups in total. The van der Waals surface area contributed by atoms with Crippen molar-refractivity contribution in [3.8, 4) is 22.5 Å². The molecular weight excluding hydrogens is 813 g/mol. The van der Waals surface area contributed by atoms with Gasteiger partial charge >= 0.3 is 6.97 Å². The van der Waals surface area contributed by atoms with Gasteiger partial charge in [-0.15, -0.1) is 11.3 Å². The minimum absolute atomic E-state index is 0. The fourth-order valence-electron chi connectivity index (χ4n) is 8.26. The number of carbonyl (C=O) groups excluding carboxylic acids is 1. The Morgan fingerprint density at radius 1 is 0.934 bits per heavy atom. The van der Waals surface area contributed by atoms with E-state index in [1.807, 2.05) is 66.9 Å². The number of fused-ring (bicyclic) bond motifs is 4. The summed E-state index contributed by atoms with van der Waals surface area (Å²) in [6.07, 6.45) is 6.48. The summed E-state index contributed by atoms with van der Waals surface area (Å²) in [5.74, 6) is 0.648.